The van der Waals surface area contributed by atoms with Crippen LogP contribution in [0.4, 0.5) is 5.82 Å². The molecule has 3 atom stereocenters. The van der Waals surface area contributed by atoms with Gasteiger partial charge in [0.2, 0.25) is 0 Å². The van der Waals surface area contributed by atoms with Crippen molar-refractivity contribution in [1.29, 1.82) is 0 Å². The molecule has 1 amide bonds. The molecular formula is C21H30N4O. The Hall–Kier alpha value is -2.14. The first-order valence-electron chi connectivity index (χ1n) is 9.57. The van der Waals surface area contributed by atoms with E-state index in [1.54, 1.807) is 0 Å². The summed E-state index contributed by atoms with van der Waals surface area (Å²) in [6.45, 7) is 9.84. The fourth-order valence-corrected chi connectivity index (χ4v) is 4.17. The van der Waals surface area contributed by atoms with Crippen molar-refractivity contribution in [2.75, 3.05) is 32.0 Å². The molecule has 0 bridgehead atoms. The molecule has 1 aliphatic rings. The zero-order valence-corrected chi connectivity index (χ0v) is 16.2. The van der Waals surface area contributed by atoms with Gasteiger partial charge in [0.05, 0.1) is 11.1 Å². The van der Waals surface area contributed by atoms with Crippen LogP contribution >= 0.6 is 0 Å². The molecule has 3 rings (SSSR count). The largest absolute Gasteiger partial charge is 0.373 e. The number of hydrogen-bond acceptors (Lipinski definition) is 4. The molecule has 5 heteroatoms. The van der Waals surface area contributed by atoms with Gasteiger partial charge in [-0.05, 0) is 37.3 Å². The van der Waals surface area contributed by atoms with Gasteiger partial charge < -0.3 is 15.5 Å². The Kier molecular flexibility index (Phi) is 5.77. The molecular weight excluding hydrogens is 324 g/mol. The van der Waals surface area contributed by atoms with Crippen LogP contribution in [0.1, 0.15) is 37.6 Å². The Morgan fingerprint density at radius 2 is 1.96 bits per heavy atom. The number of piperidine rings is 1. The molecule has 2 heterocycles. The van der Waals surface area contributed by atoms with Crippen LogP contribution in [0.3, 0.4) is 0 Å². The number of pyridine rings is 1. The molecule has 1 aliphatic heterocycles. The second kappa shape index (κ2) is 8.04. The lowest BCUT2D eigenvalue weighted by Gasteiger charge is -2.36. The van der Waals surface area contributed by atoms with E-state index in [1.807, 2.05) is 37.4 Å². The van der Waals surface area contributed by atoms with Crippen LogP contribution < -0.4 is 10.6 Å². The molecule has 0 aliphatic carbocycles. The third kappa shape index (κ3) is 4.33. The van der Waals surface area contributed by atoms with Gasteiger partial charge in [0, 0.05) is 38.1 Å². The number of likely N-dealkylation sites (tertiary alicyclic amines) is 1. The number of hydrogen-bond donors (Lipinski definition) is 2. The summed E-state index contributed by atoms with van der Waals surface area (Å²) in [5, 5.41) is 7.11. The van der Waals surface area contributed by atoms with E-state index in [1.165, 1.54) is 6.42 Å². The molecule has 2 N–H and O–H groups in total. The van der Waals surface area contributed by atoms with Crippen molar-refractivity contribution in [3.8, 4) is 0 Å². The molecule has 1 aromatic carbocycles. The van der Waals surface area contributed by atoms with Crippen molar-refractivity contribution >= 4 is 22.6 Å². The van der Waals surface area contributed by atoms with Crippen LogP contribution in [0.2, 0.25) is 0 Å². The monoisotopic (exact) mass is 354 g/mol. The van der Waals surface area contributed by atoms with Gasteiger partial charge >= 0.3 is 0 Å². The van der Waals surface area contributed by atoms with Crippen molar-refractivity contribution in [1.82, 2.24) is 15.2 Å². The number of nitrogens with one attached hydrogen (secondary N) is 2. The zero-order valence-electron chi connectivity index (χ0n) is 16.2. The van der Waals surface area contributed by atoms with Gasteiger partial charge in [-0.15, -0.1) is 0 Å². The van der Waals surface area contributed by atoms with E-state index in [4.69, 9.17) is 0 Å². The van der Waals surface area contributed by atoms with Crippen molar-refractivity contribution < 1.29 is 4.79 Å². The third-order valence-electron chi connectivity index (χ3n) is 5.07. The van der Waals surface area contributed by atoms with Gasteiger partial charge in [0.25, 0.3) is 5.91 Å². The smallest absolute Gasteiger partial charge is 0.252 e. The second-order valence-corrected chi connectivity index (χ2v) is 7.86. The fourth-order valence-electron chi connectivity index (χ4n) is 4.17. The summed E-state index contributed by atoms with van der Waals surface area (Å²) in [6.07, 6.45) is 1.30. The summed E-state index contributed by atoms with van der Waals surface area (Å²) < 4.78 is 0. The van der Waals surface area contributed by atoms with E-state index >= 15 is 0 Å². The SMILES string of the molecule is CNc1cc(C(=O)NC(C)CN2CC(C)CC(C)C2)c2ccccc2n1. The molecule has 0 radical (unpaired) electrons. The summed E-state index contributed by atoms with van der Waals surface area (Å²) in [7, 11) is 1.82. The Bertz CT molecular complexity index is 766. The molecule has 2 aromatic rings. The van der Waals surface area contributed by atoms with E-state index in [0.717, 1.165) is 42.4 Å². The Morgan fingerprint density at radius 1 is 1.27 bits per heavy atom. The number of amides is 1. The molecule has 140 valence electrons. The first-order chi connectivity index (χ1) is 12.5. The van der Waals surface area contributed by atoms with E-state index in [9.17, 15) is 4.79 Å². The lowest BCUT2D eigenvalue weighted by atomic mass is 9.92. The zero-order chi connectivity index (χ0) is 18.7. The number of aromatic nitrogens is 1. The van der Waals surface area contributed by atoms with E-state index in [-0.39, 0.29) is 11.9 Å². The van der Waals surface area contributed by atoms with Gasteiger partial charge in [-0.2, -0.15) is 0 Å². The van der Waals surface area contributed by atoms with Crippen molar-refractivity contribution in [2.24, 2.45) is 11.8 Å². The number of rotatable bonds is 5. The van der Waals surface area contributed by atoms with Crippen LogP contribution in [0.15, 0.2) is 30.3 Å². The van der Waals surface area contributed by atoms with Crippen LogP contribution in [-0.4, -0.2) is 48.5 Å². The predicted molar refractivity (Wildman–Crippen MR) is 108 cm³/mol. The lowest BCUT2D eigenvalue weighted by Crippen LogP contribution is -2.47. The second-order valence-electron chi connectivity index (χ2n) is 7.86. The summed E-state index contributed by atoms with van der Waals surface area (Å²) in [5.74, 6) is 2.12. The third-order valence-corrected chi connectivity index (χ3v) is 5.07. The van der Waals surface area contributed by atoms with Crippen molar-refractivity contribution in [3.63, 3.8) is 0 Å². The standard InChI is InChI=1S/C21H30N4O/c1-14-9-15(2)12-25(11-14)13-16(3)23-21(26)18-10-20(22-4)24-19-8-6-5-7-17(18)19/h5-8,10,14-16H,9,11-13H2,1-4H3,(H,22,24)(H,23,26). The molecule has 3 unspecified atom stereocenters. The number of carbonyl (C=O) groups is 1. The number of carbonyl (C=O) groups excluding carboxylic acids is 1. The van der Waals surface area contributed by atoms with Crippen molar-refractivity contribution in [2.45, 2.75) is 33.2 Å². The van der Waals surface area contributed by atoms with Crippen LogP contribution in [0, 0.1) is 11.8 Å². The molecule has 1 saturated heterocycles. The van der Waals surface area contributed by atoms with Gasteiger partial charge in [0.15, 0.2) is 0 Å². The number of fused-ring (bicyclic) bond motifs is 1. The highest BCUT2D eigenvalue weighted by Gasteiger charge is 2.23. The number of nitrogens with zero attached hydrogens (tertiary/aromatic N) is 2. The molecule has 1 aromatic heterocycles. The van der Waals surface area contributed by atoms with Gasteiger partial charge in [-0.1, -0.05) is 32.0 Å². The highest BCUT2D eigenvalue weighted by Crippen LogP contribution is 2.22. The fraction of sp³-hybridized carbons (Fsp3) is 0.524. The maximum absolute atomic E-state index is 12.9. The van der Waals surface area contributed by atoms with Gasteiger partial charge in [-0.3, -0.25) is 4.79 Å². The van der Waals surface area contributed by atoms with E-state index < -0.39 is 0 Å². The maximum Gasteiger partial charge on any atom is 0.252 e. The number of para-hydroxylation sites is 1. The lowest BCUT2D eigenvalue weighted by molar-refractivity contribution is 0.0906. The highest BCUT2D eigenvalue weighted by atomic mass is 16.1. The Morgan fingerprint density at radius 3 is 2.65 bits per heavy atom. The summed E-state index contributed by atoms with van der Waals surface area (Å²) in [5.41, 5.74) is 1.50. The molecule has 5 nitrogen and oxygen atoms in total. The summed E-state index contributed by atoms with van der Waals surface area (Å²) >= 11 is 0. The first kappa shape index (κ1) is 18.6. The maximum atomic E-state index is 12.9. The first-order valence-corrected chi connectivity index (χ1v) is 9.57. The Balaban J connectivity index is 1.72. The summed E-state index contributed by atoms with van der Waals surface area (Å²) in [4.78, 5) is 19.9. The Labute approximate surface area is 156 Å². The summed E-state index contributed by atoms with van der Waals surface area (Å²) in [6, 6.07) is 9.71. The van der Waals surface area contributed by atoms with Crippen LogP contribution in [0.5, 0.6) is 0 Å². The average molecular weight is 354 g/mol. The minimum Gasteiger partial charge on any atom is -0.373 e. The predicted octanol–water partition coefficient (Wildman–Crippen LogP) is 3.37. The van der Waals surface area contributed by atoms with Gasteiger partial charge in [-0.25, -0.2) is 4.98 Å². The molecule has 0 saturated carbocycles. The molecule has 1 fully saturated rings. The minimum atomic E-state index is -0.0364. The number of anilines is 1. The normalized spacial score (nSPS) is 22.2. The van der Waals surface area contributed by atoms with Crippen LogP contribution in [-0.2, 0) is 0 Å². The van der Waals surface area contributed by atoms with E-state index in [0.29, 0.717) is 11.4 Å². The van der Waals surface area contributed by atoms with Gasteiger partial charge in [0.1, 0.15) is 5.82 Å². The van der Waals surface area contributed by atoms with Crippen LogP contribution in [0.25, 0.3) is 10.9 Å². The minimum absolute atomic E-state index is 0.0364. The number of benzene rings is 1. The van der Waals surface area contributed by atoms with E-state index in [2.05, 4.69) is 41.3 Å². The quantitative estimate of drug-likeness (QED) is 0.864. The molecule has 26 heavy (non-hydrogen) atoms. The highest BCUT2D eigenvalue weighted by molar-refractivity contribution is 6.07. The van der Waals surface area contributed by atoms with Crippen molar-refractivity contribution in [3.05, 3.63) is 35.9 Å². The molecule has 0 spiro atoms. The topological polar surface area (TPSA) is 57.3 Å². The average Bonchev–Trinajstić information content (AvgIpc) is 2.59.